The highest BCUT2D eigenvalue weighted by Crippen LogP contribution is 2.38. The van der Waals surface area contributed by atoms with Crippen molar-refractivity contribution < 1.29 is 4.74 Å². The van der Waals surface area contributed by atoms with Crippen molar-refractivity contribution in [2.45, 2.75) is 44.2 Å². The molecule has 106 valence electrons. The average Bonchev–Trinajstić information content (AvgIpc) is 2.35. The van der Waals surface area contributed by atoms with E-state index in [0.717, 1.165) is 24.0 Å². The highest BCUT2D eigenvalue weighted by atomic mass is 35.5. The Labute approximate surface area is 125 Å². The average molecular weight is 301 g/mol. The van der Waals surface area contributed by atoms with Gasteiger partial charge in [0.1, 0.15) is 5.75 Å². The summed E-state index contributed by atoms with van der Waals surface area (Å²) < 4.78 is 9.53. The maximum absolute atomic E-state index is 6.13. The molecular formula is C14H21ClN2OS. The predicted molar refractivity (Wildman–Crippen MR) is 84.0 cm³/mol. The molecule has 1 heterocycles. The third-order valence-corrected chi connectivity index (χ3v) is 4.59. The van der Waals surface area contributed by atoms with Crippen LogP contribution in [-0.2, 0) is 0 Å². The van der Waals surface area contributed by atoms with Crippen molar-refractivity contribution in [1.29, 1.82) is 0 Å². The van der Waals surface area contributed by atoms with Gasteiger partial charge in [0.2, 0.25) is 5.56 Å². The lowest BCUT2D eigenvalue weighted by molar-refractivity contribution is 0.0242. The minimum absolute atomic E-state index is 0. The maximum Gasteiger partial charge on any atom is 0.220 e. The predicted octanol–water partition coefficient (Wildman–Crippen LogP) is 4.11. The van der Waals surface area contributed by atoms with Crippen LogP contribution in [0.3, 0.4) is 0 Å². The molecule has 0 bridgehead atoms. The van der Waals surface area contributed by atoms with E-state index in [9.17, 15) is 0 Å². The van der Waals surface area contributed by atoms with Crippen LogP contribution in [0.1, 0.15) is 32.6 Å². The van der Waals surface area contributed by atoms with Gasteiger partial charge in [0.05, 0.1) is 5.69 Å². The monoisotopic (exact) mass is 300 g/mol. The second-order valence-electron chi connectivity index (χ2n) is 4.96. The van der Waals surface area contributed by atoms with E-state index >= 15 is 0 Å². The molecule has 1 aliphatic heterocycles. The third-order valence-electron chi connectivity index (χ3n) is 3.68. The molecule has 0 spiro atoms. The van der Waals surface area contributed by atoms with Crippen LogP contribution in [0.15, 0.2) is 24.3 Å². The topological polar surface area (TPSA) is 24.5 Å². The first kappa shape index (κ1) is 14.8. The van der Waals surface area contributed by atoms with Crippen molar-refractivity contribution in [2.75, 3.05) is 11.3 Å². The minimum Gasteiger partial charge on any atom is -0.462 e. The van der Waals surface area contributed by atoms with Crippen molar-refractivity contribution in [1.82, 2.24) is 4.90 Å². The van der Waals surface area contributed by atoms with Crippen molar-refractivity contribution >= 4 is 30.0 Å². The summed E-state index contributed by atoms with van der Waals surface area (Å²) in [6, 6.07) is 8.88. The number of rotatable bonds is 4. The summed E-state index contributed by atoms with van der Waals surface area (Å²) in [6.07, 6.45) is 5.19. The second-order valence-corrected chi connectivity index (χ2v) is 5.81. The zero-order valence-electron chi connectivity index (χ0n) is 11.2. The summed E-state index contributed by atoms with van der Waals surface area (Å²) in [5.74, 6) is 0.974. The highest BCUT2D eigenvalue weighted by Gasteiger charge is 2.33. The smallest absolute Gasteiger partial charge is 0.220 e. The molecule has 0 saturated heterocycles. The van der Waals surface area contributed by atoms with Crippen LogP contribution >= 0.6 is 24.4 Å². The molecule has 19 heavy (non-hydrogen) atoms. The van der Waals surface area contributed by atoms with Gasteiger partial charge < -0.3 is 9.46 Å². The van der Waals surface area contributed by atoms with Gasteiger partial charge in [0.25, 0.3) is 0 Å². The molecule has 0 amide bonds. The fourth-order valence-corrected chi connectivity index (χ4v) is 3.43. The van der Waals surface area contributed by atoms with Gasteiger partial charge in [0.15, 0.2) is 0 Å². The molecule has 0 radical (unpaired) electrons. The summed E-state index contributed by atoms with van der Waals surface area (Å²) in [5.41, 5.74) is 1.20. The summed E-state index contributed by atoms with van der Waals surface area (Å²) in [6.45, 7) is 3.35. The Bertz CT molecular complexity index is 414. The van der Waals surface area contributed by atoms with Gasteiger partial charge >= 0.3 is 0 Å². The van der Waals surface area contributed by atoms with E-state index in [4.69, 9.17) is 4.74 Å². The Morgan fingerprint density at radius 2 is 2.16 bits per heavy atom. The second kappa shape index (κ2) is 6.73. The molecule has 2 aliphatic rings. The molecule has 3 nitrogen and oxygen atoms in total. The molecule has 1 aliphatic carbocycles. The number of ether oxygens (including phenoxy) is 1. The van der Waals surface area contributed by atoms with Crippen LogP contribution in [0, 0.1) is 0 Å². The van der Waals surface area contributed by atoms with Gasteiger partial charge in [-0.1, -0.05) is 25.5 Å². The molecule has 1 aromatic carbocycles. The summed E-state index contributed by atoms with van der Waals surface area (Å²) >= 11 is 1.69. The molecule has 1 fully saturated rings. The van der Waals surface area contributed by atoms with Crippen LogP contribution in [0.5, 0.6) is 5.75 Å². The van der Waals surface area contributed by atoms with Crippen LogP contribution < -0.4 is 9.46 Å². The molecule has 1 N–H and O–H groups in total. The maximum atomic E-state index is 6.13. The Kier molecular flexibility index (Phi) is 5.25. The number of anilines is 1. The Morgan fingerprint density at radius 3 is 2.84 bits per heavy atom. The van der Waals surface area contributed by atoms with Crippen LogP contribution in [0.4, 0.5) is 5.69 Å². The van der Waals surface area contributed by atoms with Crippen molar-refractivity contribution in [3.63, 3.8) is 0 Å². The van der Waals surface area contributed by atoms with Gasteiger partial charge in [-0.3, -0.25) is 4.90 Å². The number of halogens is 1. The number of para-hydroxylation sites is 2. The molecule has 5 heteroatoms. The summed E-state index contributed by atoms with van der Waals surface area (Å²) in [5, 5.41) is 0. The highest BCUT2D eigenvalue weighted by molar-refractivity contribution is 8.01. The molecule has 1 aromatic rings. The third kappa shape index (κ3) is 3.12. The van der Waals surface area contributed by atoms with Crippen molar-refractivity contribution in [3.8, 4) is 5.75 Å². The molecular weight excluding hydrogens is 280 g/mol. The Morgan fingerprint density at radius 1 is 1.37 bits per heavy atom. The van der Waals surface area contributed by atoms with E-state index in [1.807, 2.05) is 18.2 Å². The fourth-order valence-electron chi connectivity index (χ4n) is 2.47. The standard InChI is InChI=1S/C14H20N2OS.ClH/c1-2-10-16(11-6-5-7-11)14-17-13-9-4-3-8-12(13)15-18-14;/h3-4,8-9,11,14-15H,2,5-7,10H2,1H3;1H. The number of nitrogens with one attached hydrogen (secondary N) is 1. The lowest BCUT2D eigenvalue weighted by atomic mass is 9.92. The lowest BCUT2D eigenvalue weighted by Crippen LogP contribution is -2.49. The first-order chi connectivity index (χ1) is 8.88. The normalized spacial score (nSPS) is 21.7. The van der Waals surface area contributed by atoms with E-state index in [1.54, 1.807) is 11.9 Å². The van der Waals surface area contributed by atoms with E-state index in [0.29, 0.717) is 0 Å². The summed E-state index contributed by atoms with van der Waals surface area (Å²) in [7, 11) is 0. The zero-order valence-corrected chi connectivity index (χ0v) is 12.8. The van der Waals surface area contributed by atoms with Crippen molar-refractivity contribution in [2.24, 2.45) is 0 Å². The van der Waals surface area contributed by atoms with Gasteiger partial charge in [-0.25, -0.2) is 0 Å². The van der Waals surface area contributed by atoms with Gasteiger partial charge in [-0.15, -0.1) is 12.4 Å². The minimum atomic E-state index is 0. The number of hydrogen-bond acceptors (Lipinski definition) is 4. The van der Waals surface area contributed by atoms with E-state index < -0.39 is 0 Å². The van der Waals surface area contributed by atoms with Gasteiger partial charge in [-0.05, 0) is 31.4 Å². The van der Waals surface area contributed by atoms with Crippen LogP contribution in [0.2, 0.25) is 0 Å². The first-order valence-electron chi connectivity index (χ1n) is 6.81. The fraction of sp³-hybridized carbons (Fsp3) is 0.571. The number of hydrogen-bond donors (Lipinski definition) is 1. The number of nitrogens with zero attached hydrogens (tertiary/aromatic N) is 1. The molecule has 1 atom stereocenters. The van der Waals surface area contributed by atoms with E-state index in [-0.39, 0.29) is 18.0 Å². The van der Waals surface area contributed by atoms with E-state index in [2.05, 4.69) is 22.6 Å². The van der Waals surface area contributed by atoms with Crippen LogP contribution in [0.25, 0.3) is 0 Å². The largest absolute Gasteiger partial charge is 0.462 e. The van der Waals surface area contributed by atoms with Crippen LogP contribution in [-0.4, -0.2) is 23.0 Å². The molecule has 1 unspecified atom stereocenters. The van der Waals surface area contributed by atoms with E-state index in [1.165, 1.54) is 25.7 Å². The van der Waals surface area contributed by atoms with Gasteiger partial charge in [-0.2, -0.15) is 0 Å². The quantitative estimate of drug-likeness (QED) is 0.846. The van der Waals surface area contributed by atoms with Crippen molar-refractivity contribution in [3.05, 3.63) is 24.3 Å². The van der Waals surface area contributed by atoms with Gasteiger partial charge in [0, 0.05) is 24.5 Å². The molecule has 0 aromatic heterocycles. The first-order valence-corrected chi connectivity index (χ1v) is 7.69. The Hall–Kier alpha value is -0.580. The zero-order chi connectivity index (χ0) is 12.4. The SMILES string of the molecule is CCCN(C1CCC1)C1Oc2ccccc2NS1.Cl. The molecule has 3 rings (SSSR count). The molecule has 1 saturated carbocycles. The number of benzene rings is 1. The lowest BCUT2D eigenvalue weighted by Gasteiger charge is -2.43. The number of fused-ring (bicyclic) bond motifs is 1. The Balaban J connectivity index is 0.00000133. The summed E-state index contributed by atoms with van der Waals surface area (Å²) in [4.78, 5) is 2.51.